The monoisotopic (exact) mass is 378 g/mol. The summed E-state index contributed by atoms with van der Waals surface area (Å²) in [5.41, 5.74) is 3.53. The van der Waals surface area contributed by atoms with E-state index in [0.717, 1.165) is 16.7 Å². The van der Waals surface area contributed by atoms with Crippen LogP contribution in [0.1, 0.15) is 23.6 Å². The smallest absolute Gasteiger partial charge is 0.235 e. The largest absolute Gasteiger partial charge is 0.266 e. The van der Waals surface area contributed by atoms with Gasteiger partial charge in [0.15, 0.2) is 0 Å². The maximum Gasteiger partial charge on any atom is 0.235 e. The van der Waals surface area contributed by atoms with Gasteiger partial charge in [-0.05, 0) is 41.8 Å². The van der Waals surface area contributed by atoms with Gasteiger partial charge in [-0.2, -0.15) is 0 Å². The van der Waals surface area contributed by atoms with Gasteiger partial charge in [0, 0.05) is 12.4 Å². The first kappa shape index (κ1) is 18.9. The lowest BCUT2D eigenvalue weighted by Crippen LogP contribution is -2.31. The van der Waals surface area contributed by atoms with E-state index < -0.39 is 10.0 Å². The Morgan fingerprint density at radius 1 is 0.926 bits per heavy atom. The number of anilines is 1. The molecule has 0 aliphatic carbocycles. The van der Waals surface area contributed by atoms with Gasteiger partial charge in [-0.15, -0.1) is 0 Å². The molecule has 0 amide bonds. The second kappa shape index (κ2) is 8.64. The van der Waals surface area contributed by atoms with Crippen molar-refractivity contribution < 1.29 is 8.42 Å². The fourth-order valence-corrected chi connectivity index (χ4v) is 3.80. The number of aromatic nitrogens is 1. The predicted octanol–water partition coefficient (Wildman–Crippen LogP) is 4.61. The summed E-state index contributed by atoms with van der Waals surface area (Å²) in [7, 11) is -3.41. The molecule has 138 valence electrons. The number of nitrogens with zero attached hydrogens (tertiary/aromatic N) is 2. The van der Waals surface area contributed by atoms with Crippen LogP contribution in [0.15, 0.2) is 79.1 Å². The van der Waals surface area contributed by atoms with Crippen molar-refractivity contribution in [2.45, 2.75) is 13.5 Å². The summed E-state index contributed by atoms with van der Waals surface area (Å²) >= 11 is 0. The molecule has 4 nitrogen and oxygen atoms in total. The molecule has 27 heavy (non-hydrogen) atoms. The molecule has 0 bridgehead atoms. The molecular weight excluding hydrogens is 356 g/mol. The summed E-state index contributed by atoms with van der Waals surface area (Å²) < 4.78 is 26.8. The Kier molecular flexibility index (Phi) is 6.04. The molecule has 0 radical (unpaired) electrons. The lowest BCUT2D eigenvalue weighted by molar-refractivity contribution is 0.591. The van der Waals surface area contributed by atoms with Gasteiger partial charge >= 0.3 is 0 Å². The Morgan fingerprint density at radius 2 is 1.67 bits per heavy atom. The van der Waals surface area contributed by atoms with Crippen molar-refractivity contribution in [3.8, 4) is 0 Å². The normalized spacial score (nSPS) is 11.6. The van der Waals surface area contributed by atoms with Crippen LogP contribution in [0.25, 0.3) is 12.2 Å². The first-order valence-electron chi connectivity index (χ1n) is 8.81. The number of benzene rings is 2. The molecule has 3 rings (SSSR count). The van der Waals surface area contributed by atoms with Crippen LogP contribution in [0.3, 0.4) is 0 Å². The van der Waals surface area contributed by atoms with E-state index in [1.165, 1.54) is 4.31 Å². The van der Waals surface area contributed by atoms with Crippen LogP contribution >= 0.6 is 0 Å². The van der Waals surface area contributed by atoms with Crippen LogP contribution in [0.4, 0.5) is 5.69 Å². The summed E-state index contributed by atoms with van der Waals surface area (Å²) in [5, 5.41) is 0. The van der Waals surface area contributed by atoms with E-state index in [0.29, 0.717) is 5.69 Å². The minimum Gasteiger partial charge on any atom is -0.266 e. The standard InChI is InChI=1S/C22H22N2O2S/c1-2-27(25,26)24(18-21-11-7-15-23-17-21)22-12-6-10-20(16-22)14-13-19-8-4-3-5-9-19/h3-17H,2,18H2,1H3/b14-13+. The van der Waals surface area contributed by atoms with Crippen LogP contribution in [0, 0.1) is 0 Å². The van der Waals surface area contributed by atoms with Gasteiger partial charge in [-0.1, -0.05) is 60.7 Å². The third kappa shape index (κ3) is 5.05. The molecule has 0 aliphatic rings. The molecule has 0 unspecified atom stereocenters. The fraction of sp³-hybridized carbons (Fsp3) is 0.136. The number of rotatable bonds is 7. The van der Waals surface area contributed by atoms with Gasteiger partial charge in [-0.3, -0.25) is 9.29 Å². The van der Waals surface area contributed by atoms with Crippen LogP contribution in [-0.2, 0) is 16.6 Å². The number of hydrogen-bond donors (Lipinski definition) is 0. The Morgan fingerprint density at radius 3 is 2.37 bits per heavy atom. The highest BCUT2D eigenvalue weighted by Gasteiger charge is 2.21. The van der Waals surface area contributed by atoms with Crippen LogP contribution in [0.5, 0.6) is 0 Å². The average molecular weight is 378 g/mol. The highest BCUT2D eigenvalue weighted by Crippen LogP contribution is 2.23. The molecule has 2 aromatic carbocycles. The molecule has 0 saturated heterocycles. The second-order valence-electron chi connectivity index (χ2n) is 6.11. The first-order chi connectivity index (χ1) is 13.1. The zero-order valence-electron chi connectivity index (χ0n) is 15.2. The molecule has 0 aliphatic heterocycles. The highest BCUT2D eigenvalue weighted by molar-refractivity contribution is 7.92. The third-order valence-electron chi connectivity index (χ3n) is 4.18. The number of pyridine rings is 1. The van der Waals surface area contributed by atoms with Crippen molar-refractivity contribution in [1.29, 1.82) is 0 Å². The van der Waals surface area contributed by atoms with Crippen LogP contribution < -0.4 is 4.31 Å². The Hall–Kier alpha value is -2.92. The second-order valence-corrected chi connectivity index (χ2v) is 8.29. The predicted molar refractivity (Wildman–Crippen MR) is 112 cm³/mol. The number of hydrogen-bond acceptors (Lipinski definition) is 3. The molecule has 5 heteroatoms. The van der Waals surface area contributed by atoms with E-state index in [1.54, 1.807) is 19.3 Å². The van der Waals surface area contributed by atoms with E-state index >= 15 is 0 Å². The quantitative estimate of drug-likeness (QED) is 0.564. The molecule has 0 spiro atoms. The zero-order valence-corrected chi connectivity index (χ0v) is 16.0. The van der Waals surface area contributed by atoms with Crippen molar-refractivity contribution in [1.82, 2.24) is 4.98 Å². The van der Waals surface area contributed by atoms with Gasteiger partial charge in [0.05, 0.1) is 18.0 Å². The van der Waals surface area contributed by atoms with Crippen molar-refractivity contribution in [3.05, 3.63) is 95.8 Å². The Labute approximate surface area is 160 Å². The summed E-state index contributed by atoms with van der Waals surface area (Å²) in [5.74, 6) is 0.0390. The molecular formula is C22H22N2O2S. The molecule has 0 saturated carbocycles. The molecule has 3 aromatic rings. The SMILES string of the molecule is CCS(=O)(=O)N(Cc1cccnc1)c1cccc(/C=C/c2ccccc2)c1. The highest BCUT2D eigenvalue weighted by atomic mass is 32.2. The maximum atomic E-state index is 12.7. The topological polar surface area (TPSA) is 50.3 Å². The van der Waals surface area contributed by atoms with E-state index in [4.69, 9.17) is 0 Å². The van der Waals surface area contributed by atoms with E-state index in [-0.39, 0.29) is 12.3 Å². The van der Waals surface area contributed by atoms with E-state index in [1.807, 2.05) is 78.9 Å². The zero-order chi connectivity index (χ0) is 19.1. The maximum absolute atomic E-state index is 12.7. The van der Waals surface area contributed by atoms with Crippen molar-refractivity contribution in [2.75, 3.05) is 10.1 Å². The molecule has 1 heterocycles. The van der Waals surface area contributed by atoms with Gasteiger partial charge in [0.1, 0.15) is 0 Å². The van der Waals surface area contributed by atoms with Gasteiger partial charge in [-0.25, -0.2) is 8.42 Å². The fourth-order valence-electron chi connectivity index (χ4n) is 2.70. The van der Waals surface area contributed by atoms with Crippen LogP contribution in [0.2, 0.25) is 0 Å². The van der Waals surface area contributed by atoms with Crippen molar-refractivity contribution in [3.63, 3.8) is 0 Å². The first-order valence-corrected chi connectivity index (χ1v) is 10.4. The minimum atomic E-state index is -3.41. The molecule has 0 N–H and O–H groups in total. The average Bonchev–Trinajstić information content (AvgIpc) is 2.72. The summed E-state index contributed by atoms with van der Waals surface area (Å²) in [4.78, 5) is 4.09. The van der Waals surface area contributed by atoms with E-state index in [2.05, 4.69) is 4.98 Å². The lowest BCUT2D eigenvalue weighted by atomic mass is 10.1. The summed E-state index contributed by atoms with van der Waals surface area (Å²) in [6, 6.07) is 21.2. The third-order valence-corrected chi connectivity index (χ3v) is 5.92. The minimum absolute atomic E-state index is 0.0390. The van der Waals surface area contributed by atoms with E-state index in [9.17, 15) is 8.42 Å². The lowest BCUT2D eigenvalue weighted by Gasteiger charge is -2.24. The summed E-state index contributed by atoms with van der Waals surface area (Å²) in [6.07, 6.45) is 7.37. The van der Waals surface area contributed by atoms with Gasteiger partial charge in [0.25, 0.3) is 0 Å². The van der Waals surface area contributed by atoms with Gasteiger partial charge in [0.2, 0.25) is 10.0 Å². The molecule has 1 aromatic heterocycles. The summed E-state index contributed by atoms with van der Waals surface area (Å²) in [6.45, 7) is 1.92. The van der Waals surface area contributed by atoms with Crippen molar-refractivity contribution >= 4 is 27.9 Å². The van der Waals surface area contributed by atoms with Crippen LogP contribution in [-0.4, -0.2) is 19.2 Å². The van der Waals surface area contributed by atoms with Crippen molar-refractivity contribution in [2.24, 2.45) is 0 Å². The number of sulfonamides is 1. The van der Waals surface area contributed by atoms with Gasteiger partial charge < -0.3 is 0 Å². The Bertz CT molecular complexity index is 1000. The molecule has 0 fully saturated rings. The molecule has 0 atom stereocenters. The Balaban J connectivity index is 1.92.